The lowest BCUT2D eigenvalue weighted by Gasteiger charge is -2.10. The zero-order valence-electron chi connectivity index (χ0n) is 11.5. The molecule has 1 saturated carbocycles. The van der Waals surface area contributed by atoms with E-state index in [2.05, 4.69) is 15.5 Å². The minimum absolute atomic E-state index is 0.265. The highest BCUT2D eigenvalue weighted by molar-refractivity contribution is 6.31. The Hall–Kier alpha value is -2.14. The number of benzene rings is 1. The van der Waals surface area contributed by atoms with Gasteiger partial charge in [-0.1, -0.05) is 11.6 Å². The van der Waals surface area contributed by atoms with Gasteiger partial charge in [0.2, 0.25) is 0 Å². The number of carbonyl (C=O) groups excluding carboxylic acids is 1. The summed E-state index contributed by atoms with van der Waals surface area (Å²) in [6.07, 6.45) is 2.31. The molecule has 0 unspecified atom stereocenters. The van der Waals surface area contributed by atoms with E-state index >= 15 is 0 Å². The third-order valence-electron chi connectivity index (χ3n) is 3.32. The third-order valence-corrected chi connectivity index (χ3v) is 3.56. The molecule has 1 N–H and O–H groups in total. The summed E-state index contributed by atoms with van der Waals surface area (Å²) in [6, 6.07) is 8.56. The summed E-state index contributed by atoms with van der Waals surface area (Å²) in [5.41, 5.74) is 1.72. The minimum atomic E-state index is -0.342. The molecule has 21 heavy (non-hydrogen) atoms. The molecule has 0 atom stereocenters. The van der Waals surface area contributed by atoms with Gasteiger partial charge in [-0.05, 0) is 43.2 Å². The molecular formula is C15H14ClN3O2. The maximum atomic E-state index is 12.2. The van der Waals surface area contributed by atoms with E-state index in [1.807, 2.05) is 6.07 Å². The first-order valence-electron chi connectivity index (χ1n) is 6.66. The number of rotatable bonds is 4. The Balaban J connectivity index is 1.77. The standard InChI is InChI=1S/C15H14ClN3O2/c1-21-14-7-4-10(16)8-13(14)17-15(20)12-6-5-11(18-19-12)9-2-3-9/h4-9H,2-3H2,1H3,(H,17,20). The van der Waals surface area contributed by atoms with Gasteiger partial charge in [0.25, 0.3) is 5.91 Å². The van der Waals surface area contributed by atoms with Gasteiger partial charge < -0.3 is 10.1 Å². The molecule has 1 amide bonds. The van der Waals surface area contributed by atoms with Gasteiger partial charge in [-0.2, -0.15) is 5.10 Å². The maximum Gasteiger partial charge on any atom is 0.276 e. The van der Waals surface area contributed by atoms with Crippen LogP contribution in [0.1, 0.15) is 34.9 Å². The molecule has 1 aromatic heterocycles. The number of amides is 1. The largest absolute Gasteiger partial charge is 0.495 e. The van der Waals surface area contributed by atoms with Crippen molar-refractivity contribution in [2.75, 3.05) is 12.4 Å². The summed E-state index contributed by atoms with van der Waals surface area (Å²) in [4.78, 5) is 12.2. The summed E-state index contributed by atoms with van der Waals surface area (Å²) < 4.78 is 5.19. The van der Waals surface area contributed by atoms with Crippen LogP contribution in [0.4, 0.5) is 5.69 Å². The molecule has 1 aliphatic carbocycles. The summed E-state index contributed by atoms with van der Waals surface area (Å²) in [7, 11) is 1.53. The molecule has 0 radical (unpaired) electrons. The molecule has 0 saturated heterocycles. The maximum absolute atomic E-state index is 12.2. The fourth-order valence-corrected chi connectivity index (χ4v) is 2.20. The van der Waals surface area contributed by atoms with Crippen LogP contribution in [-0.2, 0) is 0 Å². The van der Waals surface area contributed by atoms with E-state index in [1.165, 1.54) is 7.11 Å². The molecule has 1 heterocycles. The second kappa shape index (κ2) is 5.69. The van der Waals surface area contributed by atoms with Gasteiger partial charge in [-0.15, -0.1) is 5.10 Å². The van der Waals surface area contributed by atoms with Crippen LogP contribution in [0.5, 0.6) is 5.75 Å². The molecule has 1 fully saturated rings. The fourth-order valence-electron chi connectivity index (χ4n) is 2.02. The number of methoxy groups -OCH3 is 1. The van der Waals surface area contributed by atoms with Crippen LogP contribution >= 0.6 is 11.6 Å². The highest BCUT2D eigenvalue weighted by Gasteiger charge is 2.25. The van der Waals surface area contributed by atoms with Crippen LogP contribution in [-0.4, -0.2) is 23.2 Å². The number of nitrogens with zero attached hydrogens (tertiary/aromatic N) is 2. The number of halogens is 1. The molecule has 0 bridgehead atoms. The zero-order chi connectivity index (χ0) is 14.8. The Bertz CT molecular complexity index is 669. The van der Waals surface area contributed by atoms with Crippen LogP contribution in [0.2, 0.25) is 5.02 Å². The number of anilines is 1. The lowest BCUT2D eigenvalue weighted by molar-refractivity contribution is 0.102. The molecule has 0 aliphatic heterocycles. The zero-order valence-corrected chi connectivity index (χ0v) is 12.2. The second-order valence-corrected chi connectivity index (χ2v) is 5.35. The van der Waals surface area contributed by atoms with Gasteiger partial charge in [-0.3, -0.25) is 4.79 Å². The van der Waals surface area contributed by atoms with E-state index in [0.717, 1.165) is 18.5 Å². The van der Waals surface area contributed by atoms with Gasteiger partial charge in [0.05, 0.1) is 18.5 Å². The van der Waals surface area contributed by atoms with Gasteiger partial charge in [0.1, 0.15) is 5.75 Å². The Labute approximate surface area is 127 Å². The smallest absolute Gasteiger partial charge is 0.276 e. The van der Waals surface area contributed by atoms with Crippen molar-refractivity contribution >= 4 is 23.2 Å². The Morgan fingerprint density at radius 2 is 2.10 bits per heavy atom. The molecule has 1 aromatic carbocycles. The predicted molar refractivity (Wildman–Crippen MR) is 80.0 cm³/mol. The Morgan fingerprint density at radius 3 is 2.71 bits per heavy atom. The van der Waals surface area contributed by atoms with Crippen molar-refractivity contribution in [2.24, 2.45) is 0 Å². The first kappa shape index (κ1) is 13.8. The summed E-state index contributed by atoms with van der Waals surface area (Å²) >= 11 is 5.93. The minimum Gasteiger partial charge on any atom is -0.495 e. The number of ether oxygens (including phenoxy) is 1. The van der Waals surface area contributed by atoms with Crippen molar-refractivity contribution in [3.05, 3.63) is 46.7 Å². The highest BCUT2D eigenvalue weighted by atomic mass is 35.5. The fraction of sp³-hybridized carbons (Fsp3) is 0.267. The van der Waals surface area contributed by atoms with Crippen molar-refractivity contribution in [3.8, 4) is 5.75 Å². The summed E-state index contributed by atoms with van der Waals surface area (Å²) in [6.45, 7) is 0. The highest BCUT2D eigenvalue weighted by Crippen LogP contribution is 2.38. The summed E-state index contributed by atoms with van der Waals surface area (Å²) in [5, 5.41) is 11.3. The molecule has 3 rings (SSSR count). The van der Waals surface area contributed by atoms with Crippen LogP contribution in [0.3, 0.4) is 0 Å². The van der Waals surface area contributed by atoms with E-state index in [1.54, 1.807) is 24.3 Å². The molecule has 0 spiro atoms. The quantitative estimate of drug-likeness (QED) is 0.941. The van der Waals surface area contributed by atoms with Crippen molar-refractivity contribution in [1.82, 2.24) is 10.2 Å². The number of carbonyl (C=O) groups is 1. The average Bonchev–Trinajstić information content (AvgIpc) is 3.32. The number of hydrogen-bond donors (Lipinski definition) is 1. The Kier molecular flexibility index (Phi) is 3.75. The van der Waals surface area contributed by atoms with Crippen molar-refractivity contribution in [2.45, 2.75) is 18.8 Å². The first-order valence-corrected chi connectivity index (χ1v) is 7.03. The van der Waals surface area contributed by atoms with E-state index in [9.17, 15) is 4.79 Å². The molecule has 108 valence electrons. The molecule has 1 aliphatic rings. The van der Waals surface area contributed by atoms with Crippen molar-refractivity contribution in [3.63, 3.8) is 0 Å². The van der Waals surface area contributed by atoms with Crippen molar-refractivity contribution < 1.29 is 9.53 Å². The van der Waals surface area contributed by atoms with Crippen LogP contribution in [0.25, 0.3) is 0 Å². The lowest BCUT2D eigenvalue weighted by atomic mass is 10.2. The number of aromatic nitrogens is 2. The van der Waals surface area contributed by atoms with E-state index < -0.39 is 0 Å². The van der Waals surface area contributed by atoms with Gasteiger partial charge >= 0.3 is 0 Å². The van der Waals surface area contributed by atoms with E-state index in [0.29, 0.717) is 22.4 Å². The molecule has 2 aromatic rings. The van der Waals surface area contributed by atoms with Crippen LogP contribution in [0.15, 0.2) is 30.3 Å². The topological polar surface area (TPSA) is 64.1 Å². The van der Waals surface area contributed by atoms with E-state index in [4.69, 9.17) is 16.3 Å². The van der Waals surface area contributed by atoms with Gasteiger partial charge in [0, 0.05) is 10.9 Å². The number of hydrogen-bond acceptors (Lipinski definition) is 4. The normalized spacial score (nSPS) is 13.8. The van der Waals surface area contributed by atoms with E-state index in [-0.39, 0.29) is 11.6 Å². The van der Waals surface area contributed by atoms with Crippen LogP contribution in [0, 0.1) is 0 Å². The third kappa shape index (κ3) is 3.13. The summed E-state index contributed by atoms with van der Waals surface area (Å²) in [5.74, 6) is 0.711. The monoisotopic (exact) mass is 303 g/mol. The predicted octanol–water partition coefficient (Wildman–Crippen LogP) is 3.27. The molecule has 6 heteroatoms. The second-order valence-electron chi connectivity index (χ2n) is 4.92. The molecular weight excluding hydrogens is 290 g/mol. The lowest BCUT2D eigenvalue weighted by Crippen LogP contribution is -2.15. The SMILES string of the molecule is COc1ccc(Cl)cc1NC(=O)c1ccc(C2CC2)nn1. The van der Waals surface area contributed by atoms with Gasteiger partial charge in [0.15, 0.2) is 5.69 Å². The van der Waals surface area contributed by atoms with Crippen LogP contribution < -0.4 is 10.1 Å². The average molecular weight is 304 g/mol. The number of nitrogens with one attached hydrogen (secondary N) is 1. The molecule has 5 nitrogen and oxygen atoms in total. The van der Waals surface area contributed by atoms with Crippen molar-refractivity contribution in [1.29, 1.82) is 0 Å². The Morgan fingerprint density at radius 1 is 1.29 bits per heavy atom. The first-order chi connectivity index (χ1) is 10.2. The van der Waals surface area contributed by atoms with Gasteiger partial charge in [-0.25, -0.2) is 0 Å².